The van der Waals surface area contributed by atoms with Crippen LogP contribution in [0.25, 0.3) is 27.8 Å². The van der Waals surface area contributed by atoms with E-state index in [1.807, 2.05) is 80.2 Å². The summed E-state index contributed by atoms with van der Waals surface area (Å²) in [6.07, 6.45) is 12.3. The highest BCUT2D eigenvalue weighted by molar-refractivity contribution is 6.12. The van der Waals surface area contributed by atoms with Crippen LogP contribution in [0.2, 0.25) is 0 Å². The third-order valence-corrected chi connectivity index (χ3v) is 7.65. The minimum atomic E-state index is -0.242. The van der Waals surface area contributed by atoms with Crippen LogP contribution < -0.4 is 0 Å². The summed E-state index contributed by atoms with van der Waals surface area (Å²) in [5, 5.41) is 0. The second-order valence-electron chi connectivity index (χ2n) is 10.7. The van der Waals surface area contributed by atoms with Crippen LogP contribution in [0.1, 0.15) is 28.7 Å². The second kappa shape index (κ2) is 14.6. The minimum Gasteiger partial charge on any atom is -0.332 e. The number of hydrogen-bond acceptors (Lipinski definition) is 7. The molecular weight excluding hydrogens is 578 g/mol. The maximum atomic E-state index is 5.09. The minimum absolute atomic E-state index is 0.242. The Balaban J connectivity index is 0.000000332. The third kappa shape index (κ3) is 7.32. The second-order valence-corrected chi connectivity index (χ2v) is 10.7. The van der Waals surface area contributed by atoms with Crippen LogP contribution in [-0.4, -0.2) is 43.6 Å². The van der Waals surface area contributed by atoms with E-state index < -0.39 is 0 Å². The number of nitrogens with zero attached hydrogens (tertiary/aromatic N) is 7. The van der Waals surface area contributed by atoms with Crippen molar-refractivity contribution in [3.05, 3.63) is 188 Å². The monoisotopic (exact) mass is 611 g/mol. The van der Waals surface area contributed by atoms with Gasteiger partial charge >= 0.3 is 0 Å². The molecule has 1 unspecified atom stereocenters. The molecule has 7 nitrogen and oxygen atoms in total. The Hall–Kier alpha value is -6.34. The van der Waals surface area contributed by atoms with Gasteiger partial charge in [-0.1, -0.05) is 86.0 Å². The van der Waals surface area contributed by atoms with E-state index in [9.17, 15) is 0 Å². The van der Waals surface area contributed by atoms with Gasteiger partial charge in [-0.2, -0.15) is 0 Å². The van der Waals surface area contributed by atoms with Gasteiger partial charge in [0, 0.05) is 49.8 Å². The average molecular weight is 612 g/mol. The maximum Gasteiger partial charge on any atom is 0.159 e. The first-order chi connectivity index (χ1) is 23.1. The fraction of sp³-hybridized carbons (Fsp3) is 0.0500. The predicted octanol–water partition coefficient (Wildman–Crippen LogP) is 8.32. The Kier molecular flexibility index (Phi) is 9.55. The molecule has 7 heteroatoms. The maximum absolute atomic E-state index is 5.09. The highest BCUT2D eigenvalue weighted by Gasteiger charge is 2.27. The van der Waals surface area contributed by atoms with Gasteiger partial charge in [0.15, 0.2) is 17.8 Å². The molecule has 0 saturated carbocycles. The van der Waals surface area contributed by atoms with Crippen LogP contribution in [-0.2, 0) is 0 Å². The van der Waals surface area contributed by atoms with Crippen molar-refractivity contribution in [2.45, 2.75) is 6.17 Å². The van der Waals surface area contributed by atoms with Crippen LogP contribution in [0.15, 0.2) is 176 Å². The molecule has 1 atom stereocenters. The highest BCUT2D eigenvalue weighted by atomic mass is 15.3. The molecule has 1 aliphatic rings. The van der Waals surface area contributed by atoms with Gasteiger partial charge in [-0.05, 0) is 75.9 Å². The normalized spacial score (nSPS) is 13.8. The zero-order chi connectivity index (χ0) is 32.4. The van der Waals surface area contributed by atoms with Crippen LogP contribution in [0, 0.1) is 0 Å². The Morgan fingerprint density at radius 3 is 1.94 bits per heavy atom. The third-order valence-electron chi connectivity index (χ3n) is 7.65. The lowest BCUT2D eigenvalue weighted by molar-refractivity contribution is 0.382. The van der Waals surface area contributed by atoms with E-state index in [2.05, 4.69) is 92.6 Å². The quantitative estimate of drug-likeness (QED) is 0.170. The summed E-state index contributed by atoms with van der Waals surface area (Å²) in [5.41, 5.74) is 9.03. The van der Waals surface area contributed by atoms with Crippen molar-refractivity contribution >= 4 is 17.2 Å². The summed E-state index contributed by atoms with van der Waals surface area (Å²) in [7, 11) is 2.01. The fourth-order valence-corrected chi connectivity index (χ4v) is 5.09. The topological polar surface area (TPSA) is 79.5 Å². The molecule has 0 aliphatic carbocycles. The number of pyridine rings is 4. The lowest BCUT2D eigenvalue weighted by Gasteiger charge is -2.32. The Morgan fingerprint density at radius 2 is 1.30 bits per heavy atom. The summed E-state index contributed by atoms with van der Waals surface area (Å²) >= 11 is 0. The van der Waals surface area contributed by atoms with Crippen molar-refractivity contribution in [1.82, 2.24) is 24.8 Å². The largest absolute Gasteiger partial charge is 0.332 e. The standard InChI is InChI=1S/C31H24N6.C9H9N/c1-37-30(26-13-9-22(10-14-26)24-15-19-32-20-16-24)35-29(36-31(37)28-6-2-3-18-34-28)25-11-7-23(8-12-25)27-5-4-17-33-21-27;1-3-8(2)9-6-4-5-7-10-9/h2-21,30H,1H3;3-7H,1-2H2. The molecule has 5 heterocycles. The van der Waals surface area contributed by atoms with Crippen LogP contribution in [0.5, 0.6) is 0 Å². The van der Waals surface area contributed by atoms with Crippen molar-refractivity contribution in [2.24, 2.45) is 9.98 Å². The van der Waals surface area contributed by atoms with Crippen molar-refractivity contribution < 1.29 is 0 Å². The average Bonchev–Trinajstić information content (AvgIpc) is 3.16. The molecule has 7 rings (SSSR count). The lowest BCUT2D eigenvalue weighted by Crippen LogP contribution is -2.36. The predicted molar refractivity (Wildman–Crippen MR) is 191 cm³/mol. The molecule has 6 aromatic rings. The highest BCUT2D eigenvalue weighted by Crippen LogP contribution is 2.30. The van der Waals surface area contributed by atoms with E-state index in [4.69, 9.17) is 9.98 Å². The smallest absolute Gasteiger partial charge is 0.159 e. The molecule has 0 amide bonds. The first kappa shape index (κ1) is 30.7. The molecule has 228 valence electrons. The van der Waals surface area contributed by atoms with Crippen molar-refractivity contribution in [3.8, 4) is 22.3 Å². The zero-order valence-corrected chi connectivity index (χ0v) is 26.1. The summed E-state index contributed by atoms with van der Waals surface area (Å²) in [6.45, 7) is 7.36. The van der Waals surface area contributed by atoms with Crippen LogP contribution in [0.4, 0.5) is 0 Å². The van der Waals surface area contributed by atoms with E-state index in [1.165, 1.54) is 0 Å². The van der Waals surface area contributed by atoms with Gasteiger partial charge in [0.05, 0.1) is 5.69 Å². The van der Waals surface area contributed by atoms with Crippen molar-refractivity contribution in [2.75, 3.05) is 7.05 Å². The van der Waals surface area contributed by atoms with E-state index in [0.29, 0.717) is 5.84 Å². The molecule has 4 aromatic heterocycles. The van der Waals surface area contributed by atoms with Crippen LogP contribution >= 0.6 is 0 Å². The molecule has 0 bridgehead atoms. The molecule has 2 aromatic carbocycles. The molecule has 0 N–H and O–H groups in total. The van der Waals surface area contributed by atoms with Gasteiger partial charge in [-0.15, -0.1) is 0 Å². The van der Waals surface area contributed by atoms with Crippen molar-refractivity contribution in [3.63, 3.8) is 0 Å². The molecule has 0 spiro atoms. The Labute approximate surface area is 275 Å². The Bertz CT molecular complexity index is 1990. The summed E-state index contributed by atoms with van der Waals surface area (Å²) in [5.74, 6) is 1.46. The van der Waals surface area contributed by atoms with Crippen LogP contribution in [0.3, 0.4) is 0 Å². The number of allylic oxidation sites excluding steroid dienone is 2. The van der Waals surface area contributed by atoms with E-state index in [1.54, 1.807) is 24.7 Å². The molecule has 0 fully saturated rings. The molecule has 0 saturated heterocycles. The summed E-state index contributed by atoms with van der Waals surface area (Å²) in [6, 6.07) is 36.4. The number of hydrogen-bond donors (Lipinski definition) is 0. The van der Waals surface area contributed by atoms with Gasteiger partial charge < -0.3 is 4.90 Å². The van der Waals surface area contributed by atoms with Gasteiger partial charge in [0.1, 0.15) is 5.69 Å². The number of benzene rings is 2. The van der Waals surface area contributed by atoms with Crippen molar-refractivity contribution in [1.29, 1.82) is 0 Å². The SMILES string of the molecule is C=CC(=C)c1ccccn1.CN1C(c2ccccn2)=NC(c2ccc(-c3cccnc3)cc2)=NC1c1ccc(-c2ccncc2)cc1. The molecular formula is C40H33N7. The number of amidine groups is 2. The Morgan fingerprint density at radius 1 is 0.638 bits per heavy atom. The van der Waals surface area contributed by atoms with E-state index >= 15 is 0 Å². The fourth-order valence-electron chi connectivity index (χ4n) is 5.09. The summed E-state index contributed by atoms with van der Waals surface area (Å²) < 4.78 is 0. The van der Waals surface area contributed by atoms with Gasteiger partial charge in [0.2, 0.25) is 0 Å². The van der Waals surface area contributed by atoms with Gasteiger partial charge in [-0.25, -0.2) is 9.98 Å². The first-order valence-electron chi connectivity index (χ1n) is 15.2. The zero-order valence-electron chi connectivity index (χ0n) is 26.1. The van der Waals surface area contributed by atoms with Gasteiger partial charge in [0.25, 0.3) is 0 Å². The molecule has 0 radical (unpaired) electrons. The number of aromatic nitrogens is 4. The molecule has 1 aliphatic heterocycles. The van der Waals surface area contributed by atoms with Gasteiger partial charge in [-0.3, -0.25) is 19.9 Å². The van der Waals surface area contributed by atoms with E-state index in [-0.39, 0.29) is 6.17 Å². The van der Waals surface area contributed by atoms with E-state index in [0.717, 1.165) is 56.2 Å². The lowest BCUT2D eigenvalue weighted by atomic mass is 10.0. The molecule has 47 heavy (non-hydrogen) atoms. The first-order valence-corrected chi connectivity index (χ1v) is 15.2. The number of rotatable bonds is 7. The number of aliphatic imine (C=N–C) groups is 2. The summed E-state index contributed by atoms with van der Waals surface area (Å²) in [4.78, 5) is 29.1.